The van der Waals surface area contributed by atoms with Crippen LogP contribution >= 0.6 is 0 Å². The van der Waals surface area contributed by atoms with Gasteiger partial charge in [-0.2, -0.15) is 0 Å². The summed E-state index contributed by atoms with van der Waals surface area (Å²) in [4.78, 5) is 21.5. The maximum atomic E-state index is 10.8. The fourth-order valence-corrected chi connectivity index (χ4v) is 0.891. The maximum Gasteiger partial charge on any atom is 0.326 e. The van der Waals surface area contributed by atoms with E-state index >= 15 is 0 Å². The number of allylic oxidation sites excluding steroid dienone is 1. The summed E-state index contributed by atoms with van der Waals surface area (Å²) in [6, 6.07) is -0.782. The standard InChI is InChI=1S/C9H16N2O3/c1-6(7(2)12)11-8(9(13)14)4-3-5-10/h8,11H,1,3-5,10H2,2H3,(H,13,14)/t8-/m0/s1. The quantitative estimate of drug-likeness (QED) is 0.498. The van der Waals surface area contributed by atoms with E-state index in [4.69, 9.17) is 10.8 Å². The smallest absolute Gasteiger partial charge is 0.326 e. The second-order valence-corrected chi connectivity index (χ2v) is 3.00. The lowest BCUT2D eigenvalue weighted by Gasteiger charge is -2.15. The van der Waals surface area contributed by atoms with Gasteiger partial charge in [0, 0.05) is 6.92 Å². The fraction of sp³-hybridized carbons (Fsp3) is 0.556. The second-order valence-electron chi connectivity index (χ2n) is 3.00. The molecule has 0 bridgehead atoms. The number of hydrogen-bond acceptors (Lipinski definition) is 4. The first-order valence-corrected chi connectivity index (χ1v) is 4.38. The number of Topliss-reactive ketones (excluding diaryl/α,β-unsaturated/α-hetero) is 1. The summed E-state index contributed by atoms with van der Waals surface area (Å²) >= 11 is 0. The van der Waals surface area contributed by atoms with Crippen LogP contribution in [0.25, 0.3) is 0 Å². The Morgan fingerprint density at radius 2 is 2.14 bits per heavy atom. The minimum absolute atomic E-state index is 0.120. The van der Waals surface area contributed by atoms with E-state index in [9.17, 15) is 9.59 Å². The number of carbonyl (C=O) groups is 2. The highest BCUT2D eigenvalue weighted by Gasteiger charge is 2.17. The topological polar surface area (TPSA) is 92.4 Å². The van der Waals surface area contributed by atoms with E-state index in [1.807, 2.05) is 0 Å². The molecule has 0 aromatic heterocycles. The highest BCUT2D eigenvalue weighted by molar-refractivity contribution is 5.92. The predicted octanol–water partition coefficient (Wildman–Crippen LogP) is -0.129. The Morgan fingerprint density at radius 3 is 2.50 bits per heavy atom. The average Bonchev–Trinajstić information content (AvgIpc) is 2.10. The molecule has 0 aromatic rings. The summed E-state index contributed by atoms with van der Waals surface area (Å²) in [5, 5.41) is 11.3. The Hall–Kier alpha value is -1.36. The summed E-state index contributed by atoms with van der Waals surface area (Å²) in [5.74, 6) is -1.26. The fourth-order valence-electron chi connectivity index (χ4n) is 0.891. The normalized spacial score (nSPS) is 11.9. The van der Waals surface area contributed by atoms with Crippen molar-refractivity contribution in [3.63, 3.8) is 0 Å². The molecule has 0 aliphatic rings. The van der Waals surface area contributed by atoms with Crippen LogP contribution in [0.3, 0.4) is 0 Å². The molecule has 0 saturated carbocycles. The number of nitrogens with one attached hydrogen (secondary N) is 1. The SMILES string of the molecule is C=C(N[C@@H](CCCN)C(=O)O)C(C)=O. The van der Waals surface area contributed by atoms with Crippen LogP contribution in [0.1, 0.15) is 19.8 Å². The van der Waals surface area contributed by atoms with Crippen LogP contribution in [0.15, 0.2) is 12.3 Å². The van der Waals surface area contributed by atoms with Gasteiger partial charge in [0.25, 0.3) is 0 Å². The van der Waals surface area contributed by atoms with Gasteiger partial charge in [0.2, 0.25) is 0 Å². The van der Waals surface area contributed by atoms with Crippen LogP contribution in [0.5, 0.6) is 0 Å². The van der Waals surface area contributed by atoms with Crippen molar-refractivity contribution in [3.05, 3.63) is 12.3 Å². The molecule has 1 atom stereocenters. The van der Waals surface area contributed by atoms with E-state index in [1.54, 1.807) is 0 Å². The van der Waals surface area contributed by atoms with Crippen molar-refractivity contribution in [2.45, 2.75) is 25.8 Å². The van der Waals surface area contributed by atoms with Gasteiger partial charge in [-0.15, -0.1) is 0 Å². The lowest BCUT2D eigenvalue weighted by Crippen LogP contribution is -2.37. The third-order valence-corrected chi connectivity index (χ3v) is 1.77. The number of nitrogens with two attached hydrogens (primary N) is 1. The van der Waals surface area contributed by atoms with Crippen molar-refractivity contribution in [1.29, 1.82) is 0 Å². The number of hydrogen-bond donors (Lipinski definition) is 3. The van der Waals surface area contributed by atoms with Gasteiger partial charge >= 0.3 is 5.97 Å². The summed E-state index contributed by atoms with van der Waals surface area (Å²) in [6.45, 7) is 5.19. The largest absolute Gasteiger partial charge is 0.480 e. The molecule has 0 rings (SSSR count). The molecule has 0 amide bonds. The van der Waals surface area contributed by atoms with Crippen LogP contribution in [0.4, 0.5) is 0 Å². The summed E-state index contributed by atoms with van der Waals surface area (Å²) in [5.41, 5.74) is 5.38. The Kier molecular flexibility index (Phi) is 5.55. The van der Waals surface area contributed by atoms with Gasteiger partial charge in [-0.1, -0.05) is 6.58 Å². The van der Waals surface area contributed by atoms with Gasteiger partial charge in [0.15, 0.2) is 5.78 Å². The molecule has 0 aliphatic heterocycles. The minimum atomic E-state index is -0.999. The van der Waals surface area contributed by atoms with Crippen LogP contribution in [-0.2, 0) is 9.59 Å². The molecule has 0 heterocycles. The summed E-state index contributed by atoms with van der Waals surface area (Å²) in [7, 11) is 0. The molecule has 0 fully saturated rings. The van der Waals surface area contributed by atoms with Crippen molar-refractivity contribution >= 4 is 11.8 Å². The molecule has 0 aromatic carbocycles. The van der Waals surface area contributed by atoms with Crippen molar-refractivity contribution in [1.82, 2.24) is 5.32 Å². The number of ketones is 1. The van der Waals surface area contributed by atoms with Gasteiger partial charge in [-0.25, -0.2) is 4.79 Å². The molecule has 0 saturated heterocycles. The summed E-state index contributed by atoms with van der Waals surface area (Å²) in [6.07, 6.45) is 0.979. The lowest BCUT2D eigenvalue weighted by atomic mass is 10.1. The van der Waals surface area contributed by atoms with Crippen LogP contribution in [-0.4, -0.2) is 29.4 Å². The van der Waals surface area contributed by atoms with Crippen molar-refractivity contribution in [2.24, 2.45) is 5.73 Å². The number of carbonyl (C=O) groups excluding carboxylic acids is 1. The zero-order valence-corrected chi connectivity index (χ0v) is 8.25. The van der Waals surface area contributed by atoms with E-state index in [2.05, 4.69) is 11.9 Å². The lowest BCUT2D eigenvalue weighted by molar-refractivity contribution is -0.139. The van der Waals surface area contributed by atoms with Crippen molar-refractivity contribution < 1.29 is 14.7 Å². The zero-order chi connectivity index (χ0) is 11.1. The molecule has 80 valence electrons. The first kappa shape index (κ1) is 12.6. The van der Waals surface area contributed by atoms with Gasteiger partial charge < -0.3 is 16.2 Å². The Balaban J connectivity index is 4.16. The van der Waals surface area contributed by atoms with Crippen molar-refractivity contribution in [3.8, 4) is 0 Å². The zero-order valence-electron chi connectivity index (χ0n) is 8.25. The van der Waals surface area contributed by atoms with Gasteiger partial charge in [-0.05, 0) is 19.4 Å². The third-order valence-electron chi connectivity index (χ3n) is 1.77. The molecule has 5 heteroatoms. The van der Waals surface area contributed by atoms with E-state index in [0.717, 1.165) is 0 Å². The third kappa shape index (κ3) is 4.61. The van der Waals surface area contributed by atoms with Gasteiger partial charge in [-0.3, -0.25) is 4.79 Å². The highest BCUT2D eigenvalue weighted by Crippen LogP contribution is 1.99. The Labute approximate surface area is 83.0 Å². The van der Waals surface area contributed by atoms with E-state index in [0.29, 0.717) is 19.4 Å². The Morgan fingerprint density at radius 1 is 1.57 bits per heavy atom. The highest BCUT2D eigenvalue weighted by atomic mass is 16.4. The first-order valence-electron chi connectivity index (χ1n) is 4.38. The van der Waals surface area contributed by atoms with E-state index < -0.39 is 12.0 Å². The van der Waals surface area contributed by atoms with Crippen LogP contribution in [0, 0.1) is 0 Å². The molecule has 4 N–H and O–H groups in total. The molecule has 0 spiro atoms. The maximum absolute atomic E-state index is 10.8. The number of aliphatic carboxylic acids is 1. The predicted molar refractivity (Wildman–Crippen MR) is 52.7 cm³/mol. The molecular formula is C9H16N2O3. The molecule has 0 aliphatic carbocycles. The molecule has 14 heavy (non-hydrogen) atoms. The van der Waals surface area contributed by atoms with Gasteiger partial charge in [0.1, 0.15) is 6.04 Å². The van der Waals surface area contributed by atoms with Crippen LogP contribution < -0.4 is 11.1 Å². The first-order chi connectivity index (χ1) is 6.49. The van der Waals surface area contributed by atoms with Crippen molar-refractivity contribution in [2.75, 3.05) is 6.54 Å². The molecule has 0 unspecified atom stereocenters. The number of carboxylic acid groups (broad SMARTS) is 1. The van der Waals surface area contributed by atoms with Gasteiger partial charge in [0.05, 0.1) is 5.70 Å². The Bertz CT molecular complexity index is 238. The van der Waals surface area contributed by atoms with E-state index in [-0.39, 0.29) is 11.5 Å². The molecular weight excluding hydrogens is 184 g/mol. The molecule has 5 nitrogen and oxygen atoms in total. The number of carboxylic acids is 1. The number of rotatable bonds is 7. The molecule has 0 radical (unpaired) electrons. The van der Waals surface area contributed by atoms with Crippen LogP contribution in [0.2, 0.25) is 0 Å². The monoisotopic (exact) mass is 200 g/mol. The van der Waals surface area contributed by atoms with E-state index in [1.165, 1.54) is 6.92 Å². The summed E-state index contributed by atoms with van der Waals surface area (Å²) < 4.78 is 0. The second kappa shape index (κ2) is 6.15. The average molecular weight is 200 g/mol. The minimum Gasteiger partial charge on any atom is -0.480 e.